The standard InChI is InChI=1S/C14H20N4O2S/c1-10-14(11(2)16-15-10)21(19,20)17-13-7-5-12(6-8-13)9-18(3)4/h5-8,17H,9H2,1-4H3,(H,15,16). The molecule has 0 atom stereocenters. The summed E-state index contributed by atoms with van der Waals surface area (Å²) in [6, 6.07) is 7.35. The van der Waals surface area contributed by atoms with Crippen LogP contribution in [0.3, 0.4) is 0 Å². The maximum atomic E-state index is 12.4. The molecule has 1 heterocycles. The number of hydrogen-bond acceptors (Lipinski definition) is 4. The van der Waals surface area contributed by atoms with Crippen LogP contribution in [-0.2, 0) is 16.6 Å². The zero-order valence-corrected chi connectivity index (χ0v) is 13.5. The number of nitrogens with one attached hydrogen (secondary N) is 2. The van der Waals surface area contributed by atoms with Crippen LogP contribution in [-0.4, -0.2) is 37.6 Å². The number of nitrogens with zero attached hydrogens (tertiary/aromatic N) is 2. The number of rotatable bonds is 5. The molecule has 7 heteroatoms. The molecule has 2 N–H and O–H groups in total. The topological polar surface area (TPSA) is 78.1 Å². The smallest absolute Gasteiger partial charge is 0.265 e. The predicted molar refractivity (Wildman–Crippen MR) is 82.7 cm³/mol. The second-order valence-corrected chi connectivity index (χ2v) is 6.92. The first-order valence-corrected chi connectivity index (χ1v) is 8.06. The van der Waals surface area contributed by atoms with E-state index in [0.717, 1.165) is 12.1 Å². The summed E-state index contributed by atoms with van der Waals surface area (Å²) in [5, 5.41) is 6.61. The summed E-state index contributed by atoms with van der Waals surface area (Å²) >= 11 is 0. The Morgan fingerprint density at radius 1 is 1.19 bits per heavy atom. The molecule has 21 heavy (non-hydrogen) atoms. The fraction of sp³-hybridized carbons (Fsp3) is 0.357. The van der Waals surface area contributed by atoms with Gasteiger partial charge in [0.25, 0.3) is 10.0 Å². The predicted octanol–water partition coefficient (Wildman–Crippen LogP) is 1.89. The van der Waals surface area contributed by atoms with E-state index in [-0.39, 0.29) is 4.90 Å². The lowest BCUT2D eigenvalue weighted by molar-refractivity contribution is 0.402. The average molecular weight is 308 g/mol. The van der Waals surface area contributed by atoms with Gasteiger partial charge < -0.3 is 4.90 Å². The molecule has 0 radical (unpaired) electrons. The molecule has 1 aromatic carbocycles. The monoisotopic (exact) mass is 308 g/mol. The van der Waals surface area contributed by atoms with E-state index in [1.807, 2.05) is 26.2 Å². The van der Waals surface area contributed by atoms with Crippen molar-refractivity contribution in [3.05, 3.63) is 41.2 Å². The molecular weight excluding hydrogens is 288 g/mol. The number of hydrogen-bond donors (Lipinski definition) is 2. The van der Waals surface area contributed by atoms with Crippen molar-refractivity contribution in [2.45, 2.75) is 25.3 Å². The van der Waals surface area contributed by atoms with Gasteiger partial charge in [-0.05, 0) is 45.6 Å². The zero-order valence-electron chi connectivity index (χ0n) is 12.6. The van der Waals surface area contributed by atoms with Crippen molar-refractivity contribution in [3.63, 3.8) is 0 Å². The van der Waals surface area contributed by atoms with Crippen molar-refractivity contribution in [1.29, 1.82) is 0 Å². The molecule has 0 amide bonds. The number of aryl methyl sites for hydroxylation is 2. The van der Waals surface area contributed by atoms with Gasteiger partial charge >= 0.3 is 0 Å². The van der Waals surface area contributed by atoms with Gasteiger partial charge in [0.1, 0.15) is 4.90 Å². The Balaban J connectivity index is 2.21. The van der Waals surface area contributed by atoms with Crippen molar-refractivity contribution in [1.82, 2.24) is 15.1 Å². The maximum absolute atomic E-state index is 12.4. The number of benzene rings is 1. The largest absolute Gasteiger partial charge is 0.305 e. The highest BCUT2D eigenvalue weighted by molar-refractivity contribution is 7.92. The lowest BCUT2D eigenvalue weighted by Gasteiger charge is -2.11. The zero-order chi connectivity index (χ0) is 15.6. The van der Waals surface area contributed by atoms with Gasteiger partial charge in [-0.3, -0.25) is 9.82 Å². The molecule has 0 saturated carbocycles. The van der Waals surface area contributed by atoms with Gasteiger partial charge in [0.15, 0.2) is 0 Å². The Kier molecular flexibility index (Phi) is 4.34. The SMILES string of the molecule is Cc1n[nH]c(C)c1S(=O)(=O)Nc1ccc(CN(C)C)cc1. The molecule has 1 aromatic heterocycles. The number of aromatic amines is 1. The first kappa shape index (κ1) is 15.5. The van der Waals surface area contributed by atoms with Gasteiger partial charge in [-0.2, -0.15) is 5.10 Å². The quantitative estimate of drug-likeness (QED) is 0.884. The Bertz CT molecular complexity index is 698. The third-order valence-corrected chi connectivity index (χ3v) is 4.68. The third kappa shape index (κ3) is 3.62. The lowest BCUT2D eigenvalue weighted by Crippen LogP contribution is -2.15. The van der Waals surface area contributed by atoms with Crippen molar-refractivity contribution < 1.29 is 8.42 Å². The summed E-state index contributed by atoms with van der Waals surface area (Å²) in [6.07, 6.45) is 0. The van der Waals surface area contributed by atoms with Crippen LogP contribution in [0.2, 0.25) is 0 Å². The summed E-state index contributed by atoms with van der Waals surface area (Å²) in [6.45, 7) is 4.17. The van der Waals surface area contributed by atoms with E-state index >= 15 is 0 Å². The Morgan fingerprint density at radius 3 is 2.29 bits per heavy atom. The summed E-state index contributed by atoms with van der Waals surface area (Å²) < 4.78 is 27.4. The summed E-state index contributed by atoms with van der Waals surface area (Å²) in [7, 11) is 0.353. The van der Waals surface area contributed by atoms with Gasteiger partial charge in [0, 0.05) is 12.2 Å². The van der Waals surface area contributed by atoms with Crippen molar-refractivity contribution in [2.75, 3.05) is 18.8 Å². The highest BCUT2D eigenvalue weighted by Gasteiger charge is 2.22. The Morgan fingerprint density at radius 2 is 1.81 bits per heavy atom. The molecule has 0 bridgehead atoms. The van der Waals surface area contributed by atoms with E-state index < -0.39 is 10.0 Å². The molecule has 0 fully saturated rings. The summed E-state index contributed by atoms with van der Waals surface area (Å²) in [5.74, 6) is 0. The van der Waals surface area contributed by atoms with Crippen molar-refractivity contribution in [3.8, 4) is 0 Å². The minimum absolute atomic E-state index is 0.208. The van der Waals surface area contributed by atoms with E-state index in [1.165, 1.54) is 0 Å². The van der Waals surface area contributed by atoms with Crippen molar-refractivity contribution >= 4 is 15.7 Å². The van der Waals surface area contributed by atoms with Crippen LogP contribution in [0.25, 0.3) is 0 Å². The van der Waals surface area contributed by atoms with E-state index in [4.69, 9.17) is 0 Å². The lowest BCUT2D eigenvalue weighted by atomic mass is 10.2. The van der Waals surface area contributed by atoms with Gasteiger partial charge in [0.2, 0.25) is 0 Å². The van der Waals surface area contributed by atoms with Crippen molar-refractivity contribution in [2.24, 2.45) is 0 Å². The van der Waals surface area contributed by atoms with Gasteiger partial charge in [-0.1, -0.05) is 12.1 Å². The number of anilines is 1. The van der Waals surface area contributed by atoms with Gasteiger partial charge in [-0.25, -0.2) is 8.42 Å². The fourth-order valence-electron chi connectivity index (χ4n) is 2.19. The minimum atomic E-state index is -3.62. The second-order valence-electron chi connectivity index (χ2n) is 5.30. The van der Waals surface area contributed by atoms with Crippen LogP contribution in [0.4, 0.5) is 5.69 Å². The van der Waals surface area contributed by atoms with Gasteiger partial charge in [-0.15, -0.1) is 0 Å². The van der Waals surface area contributed by atoms with E-state index in [0.29, 0.717) is 17.1 Å². The molecular formula is C14H20N4O2S. The number of H-pyrrole nitrogens is 1. The molecule has 0 aliphatic carbocycles. The van der Waals surface area contributed by atoms with Crippen LogP contribution >= 0.6 is 0 Å². The molecule has 2 aromatic rings. The number of aromatic nitrogens is 2. The minimum Gasteiger partial charge on any atom is -0.305 e. The van der Waals surface area contributed by atoms with Crippen LogP contribution in [0.1, 0.15) is 17.0 Å². The van der Waals surface area contributed by atoms with Crippen LogP contribution in [0.15, 0.2) is 29.2 Å². The molecule has 0 aliphatic rings. The molecule has 0 spiro atoms. The second kappa shape index (κ2) is 5.87. The first-order chi connectivity index (χ1) is 9.79. The maximum Gasteiger partial charge on any atom is 0.265 e. The van der Waals surface area contributed by atoms with E-state index in [2.05, 4.69) is 19.8 Å². The molecule has 0 aliphatic heterocycles. The highest BCUT2D eigenvalue weighted by Crippen LogP contribution is 2.21. The van der Waals surface area contributed by atoms with Crippen LogP contribution < -0.4 is 4.72 Å². The van der Waals surface area contributed by atoms with Crippen LogP contribution in [0, 0.1) is 13.8 Å². The average Bonchev–Trinajstić information content (AvgIpc) is 2.71. The fourth-order valence-corrected chi connectivity index (χ4v) is 3.62. The van der Waals surface area contributed by atoms with Gasteiger partial charge in [0.05, 0.1) is 11.4 Å². The van der Waals surface area contributed by atoms with E-state index in [1.54, 1.807) is 26.0 Å². The highest BCUT2D eigenvalue weighted by atomic mass is 32.2. The number of sulfonamides is 1. The summed E-state index contributed by atoms with van der Waals surface area (Å²) in [5.41, 5.74) is 2.66. The molecule has 114 valence electrons. The summed E-state index contributed by atoms with van der Waals surface area (Å²) in [4.78, 5) is 2.26. The molecule has 2 rings (SSSR count). The van der Waals surface area contributed by atoms with Crippen LogP contribution in [0.5, 0.6) is 0 Å². The molecule has 0 saturated heterocycles. The Labute approximate surface area is 125 Å². The van der Waals surface area contributed by atoms with E-state index in [9.17, 15) is 8.42 Å². The normalized spacial score (nSPS) is 11.9. The first-order valence-electron chi connectivity index (χ1n) is 6.57. The Hall–Kier alpha value is -1.86. The third-order valence-electron chi connectivity index (χ3n) is 3.03. The molecule has 6 nitrogen and oxygen atoms in total. The molecule has 0 unspecified atom stereocenters.